The third kappa shape index (κ3) is 1.48. The molecule has 2 aliphatic carbocycles. The van der Waals surface area contributed by atoms with Gasteiger partial charge in [0, 0.05) is 18.3 Å². The number of ether oxygens (including phenoxy) is 2. The molecule has 1 heterocycles. The number of esters is 1. The van der Waals surface area contributed by atoms with E-state index in [1.165, 1.54) is 12.5 Å². The first-order chi connectivity index (χ1) is 10.3. The van der Waals surface area contributed by atoms with Crippen LogP contribution in [0.25, 0.3) is 0 Å². The largest absolute Gasteiger partial charge is 0.459 e. The van der Waals surface area contributed by atoms with Crippen LogP contribution in [0.2, 0.25) is 0 Å². The molecule has 4 rings (SSSR count). The predicted molar refractivity (Wildman–Crippen MR) is 83.2 cm³/mol. The number of hydrogen-bond acceptors (Lipinski definition) is 3. The molecule has 1 aromatic carbocycles. The number of carbonyl (C=O) groups is 1. The lowest BCUT2D eigenvalue weighted by molar-refractivity contribution is -0.159. The second-order valence-corrected chi connectivity index (χ2v) is 7.98. The van der Waals surface area contributed by atoms with Gasteiger partial charge in [0.2, 0.25) is 0 Å². The van der Waals surface area contributed by atoms with E-state index in [-0.39, 0.29) is 34.6 Å². The van der Waals surface area contributed by atoms with Gasteiger partial charge in [-0.15, -0.1) is 0 Å². The molecule has 1 aromatic rings. The normalized spacial score (nSPS) is 44.3. The Morgan fingerprint density at radius 1 is 1.23 bits per heavy atom. The molecule has 3 nitrogen and oxygen atoms in total. The smallest absolute Gasteiger partial charge is 0.303 e. The summed E-state index contributed by atoms with van der Waals surface area (Å²) in [5, 5.41) is 0. The Morgan fingerprint density at radius 3 is 2.55 bits per heavy atom. The van der Waals surface area contributed by atoms with Crippen molar-refractivity contribution < 1.29 is 14.3 Å². The van der Waals surface area contributed by atoms with Gasteiger partial charge in [-0.3, -0.25) is 4.79 Å². The number of benzene rings is 1. The van der Waals surface area contributed by atoms with E-state index < -0.39 is 0 Å². The number of rotatable bonds is 2. The first-order valence-corrected chi connectivity index (χ1v) is 8.24. The van der Waals surface area contributed by atoms with Crippen molar-refractivity contribution >= 4 is 5.97 Å². The fraction of sp³-hybridized carbons (Fsp3) is 0.632. The Kier molecular flexibility index (Phi) is 2.68. The van der Waals surface area contributed by atoms with Gasteiger partial charge in [0.05, 0.1) is 0 Å². The molecule has 3 aliphatic rings. The van der Waals surface area contributed by atoms with E-state index in [0.717, 1.165) is 12.8 Å². The highest BCUT2D eigenvalue weighted by molar-refractivity contribution is 5.67. The molecule has 3 fully saturated rings. The van der Waals surface area contributed by atoms with Crippen LogP contribution in [-0.4, -0.2) is 17.7 Å². The van der Waals surface area contributed by atoms with E-state index in [9.17, 15) is 4.79 Å². The van der Waals surface area contributed by atoms with E-state index >= 15 is 0 Å². The molecule has 3 heteroatoms. The van der Waals surface area contributed by atoms with Crippen LogP contribution in [0.15, 0.2) is 30.3 Å². The van der Waals surface area contributed by atoms with Gasteiger partial charge < -0.3 is 9.47 Å². The first-order valence-electron chi connectivity index (χ1n) is 8.24. The van der Waals surface area contributed by atoms with Gasteiger partial charge in [-0.25, -0.2) is 0 Å². The fourth-order valence-electron chi connectivity index (χ4n) is 5.44. The molecule has 2 saturated carbocycles. The molecule has 118 valence electrons. The van der Waals surface area contributed by atoms with Gasteiger partial charge in [0.25, 0.3) is 0 Å². The van der Waals surface area contributed by atoms with E-state index in [0.29, 0.717) is 5.92 Å². The minimum atomic E-state index is -0.316. The van der Waals surface area contributed by atoms with Gasteiger partial charge in [-0.05, 0) is 23.8 Å². The van der Waals surface area contributed by atoms with Crippen LogP contribution < -0.4 is 0 Å². The highest BCUT2D eigenvalue weighted by atomic mass is 16.7. The molecule has 1 saturated heterocycles. The SMILES string of the molecule is CC(=O)O[C@@H]1C2(C)CC[C@H](C2(C)C)[C@]12OC2c1ccccc1. The summed E-state index contributed by atoms with van der Waals surface area (Å²) in [4.78, 5) is 11.7. The molecule has 0 amide bonds. The molecule has 1 spiro atoms. The number of carbonyl (C=O) groups excluding carboxylic acids is 1. The predicted octanol–water partition coefficient (Wildman–Crippen LogP) is 3.88. The summed E-state index contributed by atoms with van der Waals surface area (Å²) in [5.74, 6) is 0.246. The summed E-state index contributed by atoms with van der Waals surface area (Å²) in [6.45, 7) is 8.42. The zero-order valence-electron chi connectivity index (χ0n) is 13.8. The Morgan fingerprint density at radius 2 is 1.91 bits per heavy atom. The summed E-state index contributed by atoms with van der Waals surface area (Å²) in [7, 11) is 0. The van der Waals surface area contributed by atoms with Crippen molar-refractivity contribution in [2.75, 3.05) is 0 Å². The van der Waals surface area contributed by atoms with Gasteiger partial charge >= 0.3 is 5.97 Å². The van der Waals surface area contributed by atoms with E-state index in [4.69, 9.17) is 9.47 Å². The number of hydrogen-bond donors (Lipinski definition) is 0. The van der Waals surface area contributed by atoms with Crippen LogP contribution in [0.5, 0.6) is 0 Å². The summed E-state index contributed by atoms with van der Waals surface area (Å²) in [6.07, 6.45) is 2.18. The molecular weight excluding hydrogens is 276 g/mol. The lowest BCUT2D eigenvalue weighted by Gasteiger charge is -2.38. The maximum Gasteiger partial charge on any atom is 0.303 e. The highest BCUT2D eigenvalue weighted by Gasteiger charge is 2.83. The lowest BCUT2D eigenvalue weighted by atomic mass is 9.70. The molecule has 0 radical (unpaired) electrons. The van der Waals surface area contributed by atoms with Crippen LogP contribution >= 0.6 is 0 Å². The van der Waals surface area contributed by atoms with Crippen molar-refractivity contribution in [2.24, 2.45) is 16.7 Å². The first kappa shape index (κ1) is 14.3. The Bertz CT molecular complexity index is 623. The lowest BCUT2D eigenvalue weighted by Crippen LogP contribution is -2.45. The van der Waals surface area contributed by atoms with Crippen molar-refractivity contribution in [3.8, 4) is 0 Å². The number of epoxide rings is 1. The summed E-state index contributed by atoms with van der Waals surface area (Å²) in [5.41, 5.74) is 0.999. The van der Waals surface area contributed by atoms with Crippen molar-refractivity contribution in [1.29, 1.82) is 0 Å². The molecule has 2 unspecified atom stereocenters. The van der Waals surface area contributed by atoms with Gasteiger partial charge in [-0.1, -0.05) is 51.1 Å². The van der Waals surface area contributed by atoms with Crippen molar-refractivity contribution in [3.63, 3.8) is 0 Å². The minimum Gasteiger partial charge on any atom is -0.459 e. The molecule has 2 bridgehead atoms. The van der Waals surface area contributed by atoms with Crippen LogP contribution in [-0.2, 0) is 14.3 Å². The topological polar surface area (TPSA) is 38.8 Å². The molecule has 1 aliphatic heterocycles. The Balaban J connectivity index is 1.77. The minimum absolute atomic E-state index is 0.00708. The van der Waals surface area contributed by atoms with Crippen molar-refractivity contribution in [1.82, 2.24) is 0 Å². The number of fused-ring (bicyclic) bond motifs is 3. The standard InChI is InChI=1S/C19H24O3/c1-12(20)21-16-18(4)11-10-14(17(18,2)3)19(16)15(22-19)13-8-6-5-7-9-13/h5-9,14-16H,10-11H2,1-4H3/t14-,15?,16-,18?,19-/m1/s1. The Hall–Kier alpha value is -1.35. The van der Waals surface area contributed by atoms with Crippen LogP contribution in [0, 0.1) is 16.7 Å². The van der Waals surface area contributed by atoms with Crippen molar-refractivity contribution in [2.45, 2.75) is 58.3 Å². The average Bonchev–Trinajstić information content (AvgIpc) is 3.11. The van der Waals surface area contributed by atoms with Crippen LogP contribution in [0.3, 0.4) is 0 Å². The van der Waals surface area contributed by atoms with E-state index in [1.807, 2.05) is 18.2 Å². The third-order valence-electron chi connectivity index (χ3n) is 6.89. The van der Waals surface area contributed by atoms with E-state index in [2.05, 4.69) is 32.9 Å². The molecule has 0 aromatic heterocycles. The maximum atomic E-state index is 11.7. The highest BCUT2D eigenvalue weighted by Crippen LogP contribution is 2.78. The van der Waals surface area contributed by atoms with Crippen LogP contribution in [0.4, 0.5) is 0 Å². The zero-order valence-corrected chi connectivity index (χ0v) is 13.8. The fourth-order valence-corrected chi connectivity index (χ4v) is 5.44. The van der Waals surface area contributed by atoms with Gasteiger partial charge in [-0.2, -0.15) is 0 Å². The quantitative estimate of drug-likeness (QED) is 0.614. The maximum absolute atomic E-state index is 11.7. The summed E-state index contributed by atoms with van der Waals surface area (Å²) >= 11 is 0. The average molecular weight is 300 g/mol. The van der Waals surface area contributed by atoms with Gasteiger partial charge in [0.15, 0.2) is 0 Å². The monoisotopic (exact) mass is 300 g/mol. The van der Waals surface area contributed by atoms with Crippen LogP contribution in [0.1, 0.15) is 52.2 Å². The third-order valence-corrected chi connectivity index (χ3v) is 6.89. The molecule has 5 atom stereocenters. The zero-order chi connectivity index (χ0) is 15.8. The molecule has 22 heavy (non-hydrogen) atoms. The Labute approximate surface area is 132 Å². The van der Waals surface area contributed by atoms with E-state index in [1.54, 1.807) is 0 Å². The molecular formula is C19H24O3. The molecule has 0 N–H and O–H groups in total. The van der Waals surface area contributed by atoms with Gasteiger partial charge in [0.1, 0.15) is 17.8 Å². The second kappa shape index (κ2) is 4.14. The summed E-state index contributed by atoms with van der Waals surface area (Å²) in [6, 6.07) is 10.3. The second-order valence-electron chi connectivity index (χ2n) is 7.98. The summed E-state index contributed by atoms with van der Waals surface area (Å²) < 4.78 is 12.2. The van der Waals surface area contributed by atoms with Crippen molar-refractivity contribution in [3.05, 3.63) is 35.9 Å².